The zero-order chi connectivity index (χ0) is 28.3. The Labute approximate surface area is 222 Å². The summed E-state index contributed by atoms with van der Waals surface area (Å²) in [4.78, 5) is 24.5. The number of benzene rings is 2. The number of carbonyl (C=O) groups excluding carboxylic acids is 2. The van der Waals surface area contributed by atoms with E-state index in [9.17, 15) is 31.9 Å². The van der Waals surface area contributed by atoms with Gasteiger partial charge in [-0.25, -0.2) is 8.78 Å². The average Bonchev–Trinajstić information content (AvgIpc) is 2.85. The molecule has 0 bridgehead atoms. The highest BCUT2D eigenvalue weighted by Gasteiger charge is 2.23. The molecule has 2 atom stereocenters. The lowest BCUT2D eigenvalue weighted by molar-refractivity contribution is -0.126. The Hall–Kier alpha value is -2.97. The lowest BCUT2D eigenvalue weighted by atomic mass is 10.0. The number of aryl methyl sites for hydroxylation is 1. The summed E-state index contributed by atoms with van der Waals surface area (Å²) in [6, 6.07) is 9.92. The zero-order valence-electron chi connectivity index (χ0n) is 21.6. The van der Waals surface area contributed by atoms with Gasteiger partial charge < -0.3 is 21.1 Å². The van der Waals surface area contributed by atoms with Crippen LogP contribution in [0.1, 0.15) is 23.6 Å². The molecule has 0 heterocycles. The minimum Gasteiger partial charge on any atom is -0.390 e. The average molecular weight is 556 g/mol. The van der Waals surface area contributed by atoms with E-state index in [1.54, 1.807) is 0 Å². The van der Waals surface area contributed by atoms with Crippen molar-refractivity contribution < 1.29 is 31.9 Å². The summed E-state index contributed by atoms with van der Waals surface area (Å²) in [7, 11) is -1.23. The Balaban J connectivity index is 1.99. The van der Waals surface area contributed by atoms with Gasteiger partial charge in [0.1, 0.15) is 11.6 Å². The van der Waals surface area contributed by atoms with Crippen LogP contribution in [-0.4, -0.2) is 75.5 Å². The zero-order valence-corrected chi connectivity index (χ0v) is 22.4. The first-order valence-corrected chi connectivity index (χ1v) is 13.5. The molecule has 0 radical (unpaired) electrons. The third-order valence-electron chi connectivity index (χ3n) is 5.61. The summed E-state index contributed by atoms with van der Waals surface area (Å²) in [5.41, 5.74) is 2.40. The number of amides is 2. The largest absolute Gasteiger partial charge is 0.390 e. The molecule has 10 nitrogen and oxygen atoms in total. The van der Waals surface area contributed by atoms with Crippen molar-refractivity contribution in [2.45, 2.75) is 38.5 Å². The number of hydrogen-bond acceptors (Lipinski definition) is 6. The summed E-state index contributed by atoms with van der Waals surface area (Å²) in [5.74, 6) is -3.00. The predicted molar refractivity (Wildman–Crippen MR) is 139 cm³/mol. The van der Waals surface area contributed by atoms with Gasteiger partial charge in [-0.1, -0.05) is 31.2 Å². The molecule has 210 valence electrons. The molecule has 5 N–H and O–H groups in total. The van der Waals surface area contributed by atoms with Crippen LogP contribution >= 0.6 is 0 Å². The first-order valence-electron chi connectivity index (χ1n) is 12.0. The van der Waals surface area contributed by atoms with Crippen molar-refractivity contribution in [1.82, 2.24) is 25.0 Å². The van der Waals surface area contributed by atoms with Crippen LogP contribution in [0, 0.1) is 11.6 Å². The second-order valence-electron chi connectivity index (χ2n) is 8.91. The van der Waals surface area contributed by atoms with Crippen LogP contribution < -0.4 is 20.7 Å². The van der Waals surface area contributed by atoms with Gasteiger partial charge in [0.25, 0.3) is 10.2 Å². The van der Waals surface area contributed by atoms with Gasteiger partial charge >= 0.3 is 0 Å². The van der Waals surface area contributed by atoms with Crippen molar-refractivity contribution >= 4 is 22.0 Å². The Morgan fingerprint density at radius 3 is 2.26 bits per heavy atom. The van der Waals surface area contributed by atoms with Crippen molar-refractivity contribution in [3.8, 4) is 0 Å². The molecular weight excluding hydrogens is 520 g/mol. The SMILES string of the molecule is CCc1cccc(CNC[C@H](O)[C@H](Cc2cc(F)cc(F)c2)NC(=O)CNC(=O)CNS(=O)(=O)N(C)C)c1. The molecule has 0 aromatic heterocycles. The van der Waals surface area contributed by atoms with Gasteiger partial charge in [0.2, 0.25) is 11.8 Å². The fraction of sp³-hybridized carbons (Fsp3) is 0.440. The Morgan fingerprint density at radius 2 is 1.63 bits per heavy atom. The minimum absolute atomic E-state index is 0.0672. The highest BCUT2D eigenvalue weighted by atomic mass is 32.2. The molecule has 2 rings (SSSR count). The van der Waals surface area contributed by atoms with Crippen LogP contribution in [0.25, 0.3) is 0 Å². The minimum atomic E-state index is -3.82. The van der Waals surface area contributed by atoms with E-state index in [1.165, 1.54) is 19.7 Å². The van der Waals surface area contributed by atoms with E-state index in [1.807, 2.05) is 31.2 Å². The number of aliphatic hydroxyl groups is 1. The van der Waals surface area contributed by atoms with E-state index in [2.05, 4.69) is 20.7 Å². The summed E-state index contributed by atoms with van der Waals surface area (Å²) in [5, 5.41) is 18.8. The highest BCUT2D eigenvalue weighted by Crippen LogP contribution is 2.12. The van der Waals surface area contributed by atoms with Crippen LogP contribution in [0.4, 0.5) is 8.78 Å². The number of rotatable bonds is 15. The molecule has 0 spiro atoms. The lowest BCUT2D eigenvalue weighted by Gasteiger charge is -2.25. The van der Waals surface area contributed by atoms with Crippen LogP contribution in [0.3, 0.4) is 0 Å². The number of nitrogens with one attached hydrogen (secondary N) is 4. The molecule has 0 aliphatic heterocycles. The van der Waals surface area contributed by atoms with E-state index in [4.69, 9.17) is 0 Å². The number of hydrogen-bond donors (Lipinski definition) is 5. The van der Waals surface area contributed by atoms with Gasteiger partial charge in [-0.15, -0.1) is 0 Å². The first-order chi connectivity index (χ1) is 17.9. The monoisotopic (exact) mass is 555 g/mol. The second kappa shape index (κ2) is 14.8. The summed E-state index contributed by atoms with van der Waals surface area (Å²) in [6.45, 7) is 1.49. The highest BCUT2D eigenvalue weighted by molar-refractivity contribution is 7.87. The predicted octanol–water partition coefficient (Wildman–Crippen LogP) is 0.217. The second-order valence-corrected chi connectivity index (χ2v) is 10.9. The van der Waals surface area contributed by atoms with Crippen molar-refractivity contribution in [2.24, 2.45) is 0 Å². The number of aliphatic hydroxyl groups excluding tert-OH is 1. The third kappa shape index (κ3) is 10.8. The van der Waals surface area contributed by atoms with Crippen molar-refractivity contribution in [2.75, 3.05) is 33.7 Å². The van der Waals surface area contributed by atoms with Gasteiger partial charge in [0.15, 0.2) is 0 Å². The maximum atomic E-state index is 13.7. The number of nitrogens with zero attached hydrogens (tertiary/aromatic N) is 1. The molecular formula is C25H35F2N5O5S. The van der Waals surface area contributed by atoms with Gasteiger partial charge in [-0.05, 0) is 41.7 Å². The van der Waals surface area contributed by atoms with E-state index in [-0.39, 0.29) is 18.5 Å². The molecule has 2 aromatic carbocycles. The van der Waals surface area contributed by atoms with E-state index >= 15 is 0 Å². The van der Waals surface area contributed by atoms with Crippen LogP contribution in [-0.2, 0) is 39.2 Å². The molecule has 0 unspecified atom stereocenters. The van der Waals surface area contributed by atoms with Crippen molar-refractivity contribution in [3.05, 3.63) is 70.8 Å². The third-order valence-corrected chi connectivity index (χ3v) is 7.08. The number of carbonyl (C=O) groups is 2. The van der Waals surface area contributed by atoms with Crippen molar-refractivity contribution in [1.29, 1.82) is 0 Å². The summed E-state index contributed by atoms with van der Waals surface area (Å²) >= 11 is 0. The van der Waals surface area contributed by atoms with Crippen LogP contribution in [0.15, 0.2) is 42.5 Å². The topological polar surface area (TPSA) is 140 Å². The molecule has 13 heteroatoms. The number of halogens is 2. The fourth-order valence-electron chi connectivity index (χ4n) is 3.52. The molecule has 0 aliphatic rings. The van der Waals surface area contributed by atoms with Crippen molar-refractivity contribution in [3.63, 3.8) is 0 Å². The van der Waals surface area contributed by atoms with E-state index in [0.29, 0.717) is 6.54 Å². The van der Waals surface area contributed by atoms with Gasteiger partial charge in [0, 0.05) is 33.3 Å². The summed E-state index contributed by atoms with van der Waals surface area (Å²) in [6.07, 6.45) is -0.333. The molecule has 2 aromatic rings. The normalized spacial score (nSPS) is 13.2. The molecule has 38 heavy (non-hydrogen) atoms. The molecule has 0 fully saturated rings. The van der Waals surface area contributed by atoms with E-state index < -0.39 is 58.9 Å². The van der Waals surface area contributed by atoms with E-state index in [0.717, 1.165) is 34.5 Å². The molecule has 0 aliphatic carbocycles. The standard InChI is InChI=1S/C25H35F2N5O5S/c1-4-17-6-5-7-18(8-17)13-28-14-23(33)22(11-19-9-20(26)12-21(27)10-19)31-25(35)15-29-24(34)16-30-38(36,37)32(2)3/h5-10,12,22-23,28,30,33H,4,11,13-16H2,1-3H3,(H,29,34)(H,31,35)/t22-,23-/m0/s1. The van der Waals surface area contributed by atoms with Gasteiger partial charge in [-0.2, -0.15) is 17.4 Å². The lowest BCUT2D eigenvalue weighted by Crippen LogP contribution is -2.51. The molecule has 0 saturated carbocycles. The maximum Gasteiger partial charge on any atom is 0.279 e. The maximum absolute atomic E-state index is 13.7. The van der Waals surface area contributed by atoms with Crippen LogP contribution in [0.2, 0.25) is 0 Å². The van der Waals surface area contributed by atoms with Gasteiger partial charge in [0.05, 0.1) is 25.2 Å². The fourth-order valence-corrected chi connectivity index (χ4v) is 4.09. The molecule has 2 amide bonds. The van der Waals surface area contributed by atoms with Crippen LogP contribution in [0.5, 0.6) is 0 Å². The molecule has 0 saturated heterocycles. The Kier molecular flexibility index (Phi) is 12.2. The quantitative estimate of drug-likeness (QED) is 0.213. The van der Waals surface area contributed by atoms with Gasteiger partial charge in [-0.3, -0.25) is 9.59 Å². The summed E-state index contributed by atoms with van der Waals surface area (Å²) < 4.78 is 53.8. The Bertz CT molecular complexity index is 1180. The Morgan fingerprint density at radius 1 is 0.974 bits per heavy atom. The smallest absolute Gasteiger partial charge is 0.279 e. The first kappa shape index (κ1) is 31.2.